The van der Waals surface area contributed by atoms with E-state index in [0.717, 1.165) is 22.1 Å². The van der Waals surface area contributed by atoms with E-state index < -0.39 is 11.9 Å². The Morgan fingerprint density at radius 3 is 2.50 bits per heavy atom. The highest BCUT2D eigenvalue weighted by Crippen LogP contribution is 2.27. The van der Waals surface area contributed by atoms with Crippen molar-refractivity contribution in [3.63, 3.8) is 0 Å². The molecule has 0 saturated carbocycles. The Balaban J connectivity index is 1.73. The first-order valence-electron chi connectivity index (χ1n) is 10.4. The van der Waals surface area contributed by atoms with Gasteiger partial charge < -0.3 is 10.1 Å². The van der Waals surface area contributed by atoms with Crippen molar-refractivity contribution < 1.29 is 14.3 Å². The van der Waals surface area contributed by atoms with Crippen LogP contribution in [0.1, 0.15) is 36.7 Å². The molecule has 0 heterocycles. The summed E-state index contributed by atoms with van der Waals surface area (Å²) in [5.41, 5.74) is 3.77. The van der Waals surface area contributed by atoms with Gasteiger partial charge in [0.05, 0.1) is 12.8 Å². The predicted octanol–water partition coefficient (Wildman–Crippen LogP) is 4.80. The fraction of sp³-hybridized carbons (Fsp3) is 0.240. The maximum absolute atomic E-state index is 12.7. The van der Waals surface area contributed by atoms with Gasteiger partial charge in [0.25, 0.3) is 11.8 Å². The smallest absolute Gasteiger partial charge is 0.262 e. The van der Waals surface area contributed by atoms with Crippen molar-refractivity contribution >= 4 is 40.4 Å². The van der Waals surface area contributed by atoms with E-state index in [0.29, 0.717) is 17.2 Å². The Bertz CT molecular complexity index is 1140. The molecule has 0 aliphatic heterocycles. The summed E-state index contributed by atoms with van der Waals surface area (Å²) in [7, 11) is 0. The lowest BCUT2D eigenvalue weighted by molar-refractivity contribution is -0.123. The van der Waals surface area contributed by atoms with Crippen LogP contribution >= 0.6 is 11.6 Å². The second-order valence-corrected chi connectivity index (χ2v) is 8.01. The molecule has 3 aromatic carbocycles. The molecule has 32 heavy (non-hydrogen) atoms. The van der Waals surface area contributed by atoms with E-state index in [9.17, 15) is 9.59 Å². The molecule has 1 unspecified atom stereocenters. The average molecular weight is 452 g/mol. The Labute approximate surface area is 192 Å². The zero-order valence-electron chi connectivity index (χ0n) is 18.3. The van der Waals surface area contributed by atoms with Crippen LogP contribution in [0.15, 0.2) is 65.8 Å². The molecule has 0 aliphatic rings. The SMILES string of the molecule is CCOc1ccc(/C=N\NC(=O)C(NC(=O)c2cccc(Cl)c2)C(C)C)c2ccccc12. The van der Waals surface area contributed by atoms with E-state index in [-0.39, 0.29) is 11.8 Å². The predicted molar refractivity (Wildman–Crippen MR) is 128 cm³/mol. The molecule has 166 valence electrons. The molecular weight excluding hydrogens is 426 g/mol. The monoisotopic (exact) mass is 451 g/mol. The molecule has 0 fully saturated rings. The minimum Gasteiger partial charge on any atom is -0.493 e. The Morgan fingerprint density at radius 2 is 1.81 bits per heavy atom. The van der Waals surface area contributed by atoms with Crippen LogP contribution in [-0.2, 0) is 4.79 Å². The van der Waals surface area contributed by atoms with Crippen molar-refractivity contribution in [1.29, 1.82) is 0 Å². The number of nitrogens with zero attached hydrogens (tertiary/aromatic N) is 1. The number of amides is 2. The summed E-state index contributed by atoms with van der Waals surface area (Å²) < 4.78 is 5.69. The molecule has 6 nitrogen and oxygen atoms in total. The summed E-state index contributed by atoms with van der Waals surface area (Å²) in [6.45, 7) is 6.22. The lowest BCUT2D eigenvalue weighted by atomic mass is 10.0. The van der Waals surface area contributed by atoms with Crippen molar-refractivity contribution in [2.45, 2.75) is 26.8 Å². The van der Waals surface area contributed by atoms with E-state index in [1.165, 1.54) is 0 Å². The number of rotatable bonds is 8. The van der Waals surface area contributed by atoms with E-state index in [2.05, 4.69) is 15.8 Å². The second-order valence-electron chi connectivity index (χ2n) is 7.57. The van der Waals surface area contributed by atoms with Crippen LogP contribution in [0.3, 0.4) is 0 Å². The van der Waals surface area contributed by atoms with Gasteiger partial charge in [-0.25, -0.2) is 5.43 Å². The third kappa shape index (κ3) is 5.65. The lowest BCUT2D eigenvalue weighted by Crippen LogP contribution is -2.48. The second kappa shape index (κ2) is 10.8. The fourth-order valence-corrected chi connectivity index (χ4v) is 3.50. The summed E-state index contributed by atoms with van der Waals surface area (Å²) in [6, 6.07) is 17.4. The zero-order valence-corrected chi connectivity index (χ0v) is 19.0. The molecule has 2 amide bonds. The molecule has 0 aliphatic carbocycles. The number of hydrogen-bond acceptors (Lipinski definition) is 4. The van der Waals surface area contributed by atoms with Gasteiger partial charge in [-0.2, -0.15) is 5.10 Å². The number of carbonyl (C=O) groups excluding carboxylic acids is 2. The third-order valence-corrected chi connectivity index (χ3v) is 5.15. The van der Waals surface area contributed by atoms with Crippen LogP contribution < -0.4 is 15.5 Å². The van der Waals surface area contributed by atoms with Gasteiger partial charge in [-0.3, -0.25) is 9.59 Å². The normalized spacial score (nSPS) is 12.2. The quantitative estimate of drug-likeness (QED) is 0.381. The van der Waals surface area contributed by atoms with Crippen LogP contribution in [0.25, 0.3) is 10.8 Å². The molecule has 0 saturated heterocycles. The minimum absolute atomic E-state index is 0.139. The van der Waals surface area contributed by atoms with Crippen molar-refractivity contribution in [2.24, 2.45) is 11.0 Å². The maximum atomic E-state index is 12.7. The summed E-state index contributed by atoms with van der Waals surface area (Å²) in [6.07, 6.45) is 1.59. The van der Waals surface area contributed by atoms with Crippen molar-refractivity contribution in [3.05, 3.63) is 76.8 Å². The Kier molecular flexibility index (Phi) is 7.84. The largest absolute Gasteiger partial charge is 0.493 e. The van der Waals surface area contributed by atoms with Crippen LogP contribution in [0.5, 0.6) is 5.75 Å². The van der Waals surface area contributed by atoms with Gasteiger partial charge in [0.2, 0.25) is 0 Å². The summed E-state index contributed by atoms with van der Waals surface area (Å²) in [5.74, 6) is -0.114. The molecule has 0 spiro atoms. The van der Waals surface area contributed by atoms with Gasteiger partial charge in [-0.05, 0) is 48.6 Å². The molecule has 1 atom stereocenters. The molecule has 7 heteroatoms. The first kappa shape index (κ1) is 23.3. The number of halogens is 1. The van der Waals surface area contributed by atoms with Crippen molar-refractivity contribution in [3.8, 4) is 5.75 Å². The van der Waals surface area contributed by atoms with Gasteiger partial charge >= 0.3 is 0 Å². The van der Waals surface area contributed by atoms with Crippen molar-refractivity contribution in [1.82, 2.24) is 10.7 Å². The van der Waals surface area contributed by atoms with Crippen LogP contribution in [0, 0.1) is 5.92 Å². The maximum Gasteiger partial charge on any atom is 0.262 e. The van der Waals surface area contributed by atoms with E-state index in [1.54, 1.807) is 30.5 Å². The highest BCUT2D eigenvalue weighted by molar-refractivity contribution is 6.31. The number of hydrazone groups is 1. The highest BCUT2D eigenvalue weighted by Gasteiger charge is 2.24. The lowest BCUT2D eigenvalue weighted by Gasteiger charge is -2.20. The van der Waals surface area contributed by atoms with Crippen LogP contribution in [0.2, 0.25) is 5.02 Å². The molecule has 0 radical (unpaired) electrons. The van der Waals surface area contributed by atoms with Gasteiger partial charge in [0.15, 0.2) is 0 Å². The number of hydrogen-bond donors (Lipinski definition) is 2. The van der Waals surface area contributed by atoms with Crippen LogP contribution in [-0.4, -0.2) is 30.7 Å². The zero-order chi connectivity index (χ0) is 23.1. The molecule has 3 rings (SSSR count). The van der Waals surface area contributed by atoms with Crippen LogP contribution in [0.4, 0.5) is 0 Å². The van der Waals surface area contributed by atoms with E-state index in [4.69, 9.17) is 16.3 Å². The van der Waals surface area contributed by atoms with Gasteiger partial charge in [-0.1, -0.05) is 55.8 Å². The third-order valence-electron chi connectivity index (χ3n) is 4.92. The Hall–Kier alpha value is -3.38. The summed E-state index contributed by atoms with van der Waals surface area (Å²) >= 11 is 5.96. The Morgan fingerprint density at radius 1 is 1.06 bits per heavy atom. The molecule has 3 aromatic rings. The van der Waals surface area contributed by atoms with Gasteiger partial charge in [0, 0.05) is 21.5 Å². The first-order valence-corrected chi connectivity index (χ1v) is 10.8. The molecule has 2 N–H and O–H groups in total. The fourth-order valence-electron chi connectivity index (χ4n) is 3.31. The highest BCUT2D eigenvalue weighted by atomic mass is 35.5. The molecule has 0 bridgehead atoms. The summed E-state index contributed by atoms with van der Waals surface area (Å²) in [4.78, 5) is 25.3. The number of ether oxygens (including phenoxy) is 1. The van der Waals surface area contributed by atoms with Gasteiger partial charge in [0.1, 0.15) is 11.8 Å². The molecule has 0 aromatic heterocycles. The summed E-state index contributed by atoms with van der Waals surface area (Å²) in [5, 5.41) is 9.28. The number of carbonyl (C=O) groups is 2. The number of nitrogens with one attached hydrogen (secondary N) is 2. The minimum atomic E-state index is -0.754. The van der Waals surface area contributed by atoms with Crippen molar-refractivity contribution in [2.75, 3.05) is 6.61 Å². The number of fused-ring (bicyclic) bond motifs is 1. The molecular formula is C25H26ClN3O3. The topological polar surface area (TPSA) is 79.8 Å². The van der Waals surface area contributed by atoms with E-state index >= 15 is 0 Å². The first-order chi connectivity index (χ1) is 15.4. The standard InChI is InChI=1S/C25H26ClN3O3/c1-4-32-22-13-12-18(20-10-5-6-11-21(20)22)15-27-29-25(31)23(16(2)3)28-24(30)17-8-7-9-19(26)14-17/h5-16,23H,4H2,1-3H3,(H,28,30)(H,29,31)/b27-15-. The van der Waals surface area contributed by atoms with E-state index in [1.807, 2.05) is 57.2 Å². The van der Waals surface area contributed by atoms with Gasteiger partial charge in [-0.15, -0.1) is 0 Å². The average Bonchev–Trinajstić information content (AvgIpc) is 2.78. The number of benzene rings is 3.